The van der Waals surface area contributed by atoms with Crippen molar-refractivity contribution in [3.05, 3.63) is 99.2 Å². The zero-order valence-corrected chi connectivity index (χ0v) is 17.2. The highest BCUT2D eigenvalue weighted by molar-refractivity contribution is 9.10. The molecular weight excluding hydrogens is 414 g/mol. The molecule has 0 aliphatic heterocycles. The first-order valence-corrected chi connectivity index (χ1v) is 9.87. The predicted molar refractivity (Wildman–Crippen MR) is 116 cm³/mol. The van der Waals surface area contributed by atoms with Crippen LogP contribution in [-0.4, -0.2) is 16.4 Å². The number of benzene rings is 3. The number of rotatable bonds is 4. The highest BCUT2D eigenvalue weighted by atomic mass is 79.9. The van der Waals surface area contributed by atoms with Gasteiger partial charge in [-0.25, -0.2) is 0 Å². The van der Waals surface area contributed by atoms with E-state index in [2.05, 4.69) is 27.0 Å². The first-order valence-electron chi connectivity index (χ1n) is 9.07. The maximum absolute atomic E-state index is 12.8. The third-order valence-electron chi connectivity index (χ3n) is 5.47. The van der Waals surface area contributed by atoms with Crippen molar-refractivity contribution in [2.75, 3.05) is 0 Å². The van der Waals surface area contributed by atoms with Crippen molar-refractivity contribution in [1.29, 1.82) is 0 Å². The average Bonchev–Trinajstić information content (AvgIpc) is 3.03. The fourth-order valence-corrected chi connectivity index (χ4v) is 4.31. The Morgan fingerprint density at radius 1 is 0.964 bits per heavy atom. The van der Waals surface area contributed by atoms with Gasteiger partial charge in [-0.1, -0.05) is 58.4 Å². The Balaban J connectivity index is 2.10. The second-order valence-electron chi connectivity index (χ2n) is 7.11. The lowest BCUT2D eigenvalue weighted by molar-refractivity contribution is -0.110. The number of aromatic hydroxyl groups is 1. The SMILES string of the molecule is Cc1cc([C@@](C=O)(c2ccccc2)c2[nH]c3ccc(Br)cc3c2C)ccc1O. The van der Waals surface area contributed by atoms with Gasteiger partial charge in [0.25, 0.3) is 0 Å². The zero-order valence-electron chi connectivity index (χ0n) is 15.7. The van der Waals surface area contributed by atoms with Crippen LogP contribution in [0, 0.1) is 13.8 Å². The lowest BCUT2D eigenvalue weighted by Crippen LogP contribution is -2.32. The van der Waals surface area contributed by atoms with Crippen LogP contribution in [0.5, 0.6) is 5.75 Å². The van der Waals surface area contributed by atoms with E-state index in [-0.39, 0.29) is 5.75 Å². The molecule has 4 rings (SSSR count). The highest BCUT2D eigenvalue weighted by Gasteiger charge is 2.39. The second kappa shape index (κ2) is 6.95. The van der Waals surface area contributed by atoms with E-state index >= 15 is 0 Å². The molecule has 0 bridgehead atoms. The van der Waals surface area contributed by atoms with Crippen molar-refractivity contribution in [3.63, 3.8) is 0 Å². The molecule has 3 aromatic carbocycles. The highest BCUT2D eigenvalue weighted by Crippen LogP contribution is 2.42. The van der Waals surface area contributed by atoms with Gasteiger partial charge in [-0.05, 0) is 60.4 Å². The molecule has 0 saturated carbocycles. The number of phenols is 1. The van der Waals surface area contributed by atoms with E-state index in [0.29, 0.717) is 0 Å². The molecular formula is C24H20BrNO2. The minimum absolute atomic E-state index is 0.217. The van der Waals surface area contributed by atoms with E-state index in [1.807, 2.05) is 68.4 Å². The van der Waals surface area contributed by atoms with Crippen molar-refractivity contribution >= 4 is 33.1 Å². The quantitative estimate of drug-likeness (QED) is 0.400. The van der Waals surface area contributed by atoms with Crippen molar-refractivity contribution in [1.82, 2.24) is 4.98 Å². The molecule has 0 radical (unpaired) electrons. The van der Waals surface area contributed by atoms with Crippen molar-refractivity contribution in [3.8, 4) is 5.75 Å². The number of phenolic OH excluding ortho intramolecular Hbond substituents is 1. The lowest BCUT2D eigenvalue weighted by Gasteiger charge is -2.30. The van der Waals surface area contributed by atoms with Crippen LogP contribution in [0.15, 0.2) is 71.2 Å². The van der Waals surface area contributed by atoms with Crippen LogP contribution in [0.3, 0.4) is 0 Å². The van der Waals surface area contributed by atoms with Crippen molar-refractivity contribution in [2.45, 2.75) is 19.3 Å². The molecule has 0 saturated heterocycles. The van der Waals surface area contributed by atoms with E-state index in [4.69, 9.17) is 0 Å². The third-order valence-corrected chi connectivity index (χ3v) is 5.97. The summed E-state index contributed by atoms with van der Waals surface area (Å²) < 4.78 is 0.991. The molecule has 1 heterocycles. The molecule has 4 heteroatoms. The van der Waals surface area contributed by atoms with Crippen molar-refractivity contribution in [2.24, 2.45) is 0 Å². The van der Waals surface area contributed by atoms with Gasteiger partial charge in [0.05, 0.1) is 0 Å². The fourth-order valence-electron chi connectivity index (χ4n) is 3.95. The first kappa shape index (κ1) is 18.5. The summed E-state index contributed by atoms with van der Waals surface area (Å²) in [5.41, 5.74) is 4.27. The maximum atomic E-state index is 12.8. The number of hydrogen-bond donors (Lipinski definition) is 2. The lowest BCUT2D eigenvalue weighted by atomic mass is 9.71. The summed E-state index contributed by atoms with van der Waals surface area (Å²) in [6, 6.07) is 21.2. The summed E-state index contributed by atoms with van der Waals surface area (Å²) >= 11 is 3.54. The van der Waals surface area contributed by atoms with Gasteiger partial charge >= 0.3 is 0 Å². The van der Waals surface area contributed by atoms with Crippen LogP contribution < -0.4 is 0 Å². The maximum Gasteiger partial charge on any atom is 0.140 e. The Bertz CT molecular complexity index is 1180. The number of fused-ring (bicyclic) bond motifs is 1. The monoisotopic (exact) mass is 433 g/mol. The second-order valence-corrected chi connectivity index (χ2v) is 8.02. The summed E-state index contributed by atoms with van der Waals surface area (Å²) in [4.78, 5) is 16.3. The van der Waals surface area contributed by atoms with Crippen LogP contribution in [-0.2, 0) is 10.2 Å². The summed E-state index contributed by atoms with van der Waals surface area (Å²) in [6.07, 6.45) is 1.00. The Labute approximate surface area is 172 Å². The van der Waals surface area contributed by atoms with E-state index < -0.39 is 5.41 Å². The standard InChI is InChI=1S/C24H20BrNO2/c1-15-12-18(8-11-22(15)28)24(14-27,17-6-4-3-5-7-17)23-16(2)20-13-19(25)9-10-21(20)26-23/h3-14,26,28H,1-2H3/t24-/m1/s1. The van der Waals surface area contributed by atoms with Crippen LogP contribution in [0.2, 0.25) is 0 Å². The van der Waals surface area contributed by atoms with Crippen LogP contribution >= 0.6 is 15.9 Å². The topological polar surface area (TPSA) is 53.1 Å². The summed E-state index contributed by atoms with van der Waals surface area (Å²) in [7, 11) is 0. The molecule has 0 unspecified atom stereocenters. The molecule has 0 aliphatic rings. The van der Waals surface area contributed by atoms with Gasteiger partial charge in [-0.15, -0.1) is 0 Å². The molecule has 0 fully saturated rings. The van der Waals surface area contributed by atoms with E-state index in [0.717, 1.165) is 49.6 Å². The number of aldehydes is 1. The summed E-state index contributed by atoms with van der Waals surface area (Å²) in [6.45, 7) is 3.88. The number of aryl methyl sites for hydroxylation is 2. The number of carbonyl (C=O) groups excluding carboxylic acids is 1. The molecule has 1 aromatic heterocycles. The molecule has 1 atom stereocenters. The smallest absolute Gasteiger partial charge is 0.140 e. The number of aromatic amines is 1. The zero-order chi connectivity index (χ0) is 19.9. The predicted octanol–water partition coefficient (Wildman–Crippen LogP) is 5.79. The summed E-state index contributed by atoms with van der Waals surface area (Å²) in [5.74, 6) is 0.217. The molecule has 0 spiro atoms. The van der Waals surface area contributed by atoms with Gasteiger partial charge in [0.2, 0.25) is 0 Å². The number of nitrogens with one attached hydrogen (secondary N) is 1. The number of aromatic nitrogens is 1. The fraction of sp³-hybridized carbons (Fsp3) is 0.125. The molecule has 2 N–H and O–H groups in total. The molecule has 4 aromatic rings. The number of hydrogen-bond acceptors (Lipinski definition) is 2. The van der Waals surface area contributed by atoms with E-state index in [1.165, 1.54) is 0 Å². The Morgan fingerprint density at radius 3 is 2.39 bits per heavy atom. The van der Waals surface area contributed by atoms with Crippen LogP contribution in [0.4, 0.5) is 0 Å². The number of carbonyl (C=O) groups is 1. The van der Waals surface area contributed by atoms with Crippen LogP contribution in [0.25, 0.3) is 10.9 Å². The summed E-state index contributed by atoms with van der Waals surface area (Å²) in [5, 5.41) is 11.1. The number of halogens is 1. The first-order chi connectivity index (χ1) is 13.5. The van der Waals surface area contributed by atoms with Gasteiger partial charge in [-0.2, -0.15) is 0 Å². The minimum atomic E-state index is -1.00. The molecule has 0 aliphatic carbocycles. The largest absolute Gasteiger partial charge is 0.508 e. The van der Waals surface area contributed by atoms with Gasteiger partial charge in [0.1, 0.15) is 17.5 Å². The van der Waals surface area contributed by atoms with Crippen molar-refractivity contribution < 1.29 is 9.90 Å². The Morgan fingerprint density at radius 2 is 1.71 bits per heavy atom. The number of H-pyrrole nitrogens is 1. The van der Waals surface area contributed by atoms with Gasteiger partial charge in [0, 0.05) is 21.1 Å². The van der Waals surface area contributed by atoms with Gasteiger partial charge in [-0.3, -0.25) is 0 Å². The van der Waals surface area contributed by atoms with E-state index in [9.17, 15) is 9.90 Å². The molecule has 3 nitrogen and oxygen atoms in total. The molecule has 28 heavy (non-hydrogen) atoms. The Kier molecular flexibility index (Phi) is 4.60. The van der Waals surface area contributed by atoms with Crippen LogP contribution in [0.1, 0.15) is 27.9 Å². The van der Waals surface area contributed by atoms with Gasteiger partial charge in [0.15, 0.2) is 0 Å². The average molecular weight is 434 g/mol. The molecule has 0 amide bonds. The Hall–Kier alpha value is -2.85. The third kappa shape index (κ3) is 2.76. The van der Waals surface area contributed by atoms with E-state index in [1.54, 1.807) is 6.07 Å². The minimum Gasteiger partial charge on any atom is -0.508 e. The van der Waals surface area contributed by atoms with Gasteiger partial charge < -0.3 is 14.9 Å². The normalized spacial score (nSPS) is 13.4. The molecule has 140 valence electrons.